The summed E-state index contributed by atoms with van der Waals surface area (Å²) < 4.78 is 33.5. The van der Waals surface area contributed by atoms with E-state index in [1.807, 2.05) is 0 Å². The van der Waals surface area contributed by atoms with Crippen LogP contribution in [0.4, 0.5) is 11.4 Å². The second-order valence-electron chi connectivity index (χ2n) is 7.11. The van der Waals surface area contributed by atoms with Gasteiger partial charge in [-0.3, -0.25) is 4.72 Å². The van der Waals surface area contributed by atoms with Gasteiger partial charge in [0, 0.05) is 13.1 Å². The highest BCUT2D eigenvalue weighted by Crippen LogP contribution is 2.33. The fourth-order valence-corrected chi connectivity index (χ4v) is 4.71. The Morgan fingerprint density at radius 3 is 2.48 bits per heavy atom. The highest BCUT2D eigenvalue weighted by Gasteiger charge is 2.23. The van der Waals surface area contributed by atoms with Gasteiger partial charge in [-0.25, -0.2) is 13.2 Å². The van der Waals surface area contributed by atoms with E-state index in [4.69, 9.17) is 16.3 Å². The molecule has 1 fully saturated rings. The van der Waals surface area contributed by atoms with Crippen molar-refractivity contribution in [3.8, 4) is 5.75 Å². The van der Waals surface area contributed by atoms with Gasteiger partial charge in [0.2, 0.25) is 0 Å². The van der Waals surface area contributed by atoms with Gasteiger partial charge in [0.05, 0.1) is 34.0 Å². The van der Waals surface area contributed by atoms with Crippen molar-refractivity contribution in [3.05, 3.63) is 47.0 Å². The minimum Gasteiger partial charge on any atom is -0.495 e. The van der Waals surface area contributed by atoms with E-state index in [1.165, 1.54) is 37.4 Å². The molecule has 1 heterocycles. The molecular weight excluding hydrogens is 416 g/mol. The van der Waals surface area contributed by atoms with Gasteiger partial charge in [-0.05, 0) is 55.2 Å². The monoisotopic (exact) mass is 438 g/mol. The second kappa shape index (κ2) is 8.51. The number of rotatable bonds is 6. The lowest BCUT2D eigenvalue weighted by Crippen LogP contribution is -2.33. The molecule has 0 radical (unpaired) electrons. The number of carbonyl (C=O) groups is 1. The second-order valence-corrected chi connectivity index (χ2v) is 9.20. The van der Waals surface area contributed by atoms with Crippen molar-refractivity contribution in [2.24, 2.45) is 5.92 Å². The first kappa shape index (κ1) is 21.3. The number of carboxylic acids is 1. The van der Waals surface area contributed by atoms with Gasteiger partial charge < -0.3 is 14.7 Å². The molecule has 156 valence electrons. The Labute approximate surface area is 175 Å². The molecule has 0 unspecified atom stereocenters. The third kappa shape index (κ3) is 4.76. The van der Waals surface area contributed by atoms with Gasteiger partial charge in [-0.1, -0.05) is 18.5 Å². The molecule has 0 amide bonds. The van der Waals surface area contributed by atoms with E-state index in [-0.39, 0.29) is 21.2 Å². The lowest BCUT2D eigenvalue weighted by molar-refractivity contribution is 0.0697. The summed E-state index contributed by atoms with van der Waals surface area (Å²) in [5.74, 6) is -0.163. The molecule has 1 aliphatic rings. The van der Waals surface area contributed by atoms with E-state index in [1.54, 1.807) is 6.07 Å². The van der Waals surface area contributed by atoms with Crippen LogP contribution in [0.2, 0.25) is 5.02 Å². The molecule has 2 aromatic carbocycles. The number of ether oxygens (including phenoxy) is 1. The van der Waals surface area contributed by atoms with Crippen molar-refractivity contribution in [1.29, 1.82) is 0 Å². The molecule has 0 saturated carbocycles. The Morgan fingerprint density at radius 2 is 1.90 bits per heavy atom. The van der Waals surface area contributed by atoms with Crippen molar-refractivity contribution in [2.45, 2.75) is 24.7 Å². The third-order valence-corrected chi connectivity index (χ3v) is 6.70. The van der Waals surface area contributed by atoms with Crippen LogP contribution in [-0.2, 0) is 10.0 Å². The molecule has 3 rings (SSSR count). The van der Waals surface area contributed by atoms with Gasteiger partial charge in [-0.2, -0.15) is 0 Å². The van der Waals surface area contributed by atoms with E-state index in [0.29, 0.717) is 17.4 Å². The molecule has 0 aliphatic carbocycles. The number of sulfonamides is 1. The SMILES string of the molecule is COc1ccc(S(=O)(=O)Nc2cc(C(=O)O)ccc2N2CCC(C)CC2)cc1Cl. The molecule has 1 aliphatic heterocycles. The maximum absolute atomic E-state index is 12.9. The minimum absolute atomic E-state index is 0.00425. The topological polar surface area (TPSA) is 95.9 Å². The lowest BCUT2D eigenvalue weighted by atomic mass is 9.98. The summed E-state index contributed by atoms with van der Waals surface area (Å²) >= 11 is 6.07. The number of nitrogens with one attached hydrogen (secondary N) is 1. The van der Waals surface area contributed by atoms with E-state index >= 15 is 0 Å². The number of carboxylic acid groups (broad SMARTS) is 1. The van der Waals surface area contributed by atoms with Gasteiger partial charge in [0.15, 0.2) is 0 Å². The smallest absolute Gasteiger partial charge is 0.335 e. The number of benzene rings is 2. The summed E-state index contributed by atoms with van der Waals surface area (Å²) in [5.41, 5.74) is 0.890. The van der Waals surface area contributed by atoms with Crippen molar-refractivity contribution in [1.82, 2.24) is 0 Å². The molecular formula is C20H23ClN2O5S. The maximum Gasteiger partial charge on any atom is 0.335 e. The Hall–Kier alpha value is -2.45. The standard InChI is InChI=1S/C20H23ClN2O5S/c1-13-7-9-23(10-8-13)18-5-3-14(20(24)25)11-17(18)22-29(26,27)15-4-6-19(28-2)16(21)12-15/h3-6,11-13,22H,7-10H2,1-2H3,(H,24,25). The van der Waals surface area contributed by atoms with Crippen LogP contribution in [0.25, 0.3) is 0 Å². The Bertz CT molecular complexity index is 1020. The zero-order valence-electron chi connectivity index (χ0n) is 16.2. The lowest BCUT2D eigenvalue weighted by Gasteiger charge is -2.33. The van der Waals surface area contributed by atoms with Crippen LogP contribution in [0.1, 0.15) is 30.1 Å². The molecule has 0 spiro atoms. The first-order valence-corrected chi connectivity index (χ1v) is 11.1. The van der Waals surface area contributed by atoms with Gasteiger partial charge in [0.25, 0.3) is 10.0 Å². The van der Waals surface area contributed by atoms with Crippen LogP contribution in [0.3, 0.4) is 0 Å². The summed E-state index contributed by atoms with van der Waals surface area (Å²) in [7, 11) is -2.54. The summed E-state index contributed by atoms with van der Waals surface area (Å²) in [4.78, 5) is 13.4. The molecule has 9 heteroatoms. The summed E-state index contributed by atoms with van der Waals surface area (Å²) in [5, 5.41) is 9.50. The maximum atomic E-state index is 12.9. The van der Waals surface area contributed by atoms with Crippen molar-refractivity contribution < 1.29 is 23.1 Å². The van der Waals surface area contributed by atoms with Crippen LogP contribution in [0.15, 0.2) is 41.3 Å². The van der Waals surface area contributed by atoms with Crippen LogP contribution in [0.5, 0.6) is 5.75 Å². The highest BCUT2D eigenvalue weighted by molar-refractivity contribution is 7.92. The van der Waals surface area contributed by atoms with Crippen LogP contribution >= 0.6 is 11.6 Å². The largest absolute Gasteiger partial charge is 0.495 e. The highest BCUT2D eigenvalue weighted by atomic mass is 35.5. The Morgan fingerprint density at radius 1 is 1.21 bits per heavy atom. The van der Waals surface area contributed by atoms with E-state index < -0.39 is 16.0 Å². The summed E-state index contributed by atoms with van der Waals surface area (Å²) in [6.45, 7) is 3.73. The minimum atomic E-state index is -3.98. The van der Waals surface area contributed by atoms with E-state index in [2.05, 4.69) is 16.5 Å². The predicted octanol–water partition coefficient (Wildman–Crippen LogP) is 4.08. The van der Waals surface area contributed by atoms with E-state index in [9.17, 15) is 18.3 Å². The first-order chi connectivity index (χ1) is 13.7. The van der Waals surface area contributed by atoms with Crippen LogP contribution in [-0.4, -0.2) is 39.7 Å². The number of hydrogen-bond donors (Lipinski definition) is 2. The summed E-state index contributed by atoms with van der Waals surface area (Å²) in [6, 6.07) is 8.63. The van der Waals surface area contributed by atoms with Crippen molar-refractivity contribution >= 4 is 39.0 Å². The number of halogens is 1. The predicted molar refractivity (Wildman–Crippen MR) is 113 cm³/mol. The number of anilines is 2. The average Bonchev–Trinajstić information content (AvgIpc) is 2.68. The number of nitrogens with zero attached hydrogens (tertiary/aromatic N) is 1. The molecule has 1 saturated heterocycles. The molecule has 0 atom stereocenters. The molecule has 7 nitrogen and oxygen atoms in total. The molecule has 0 aromatic heterocycles. The summed E-state index contributed by atoms with van der Waals surface area (Å²) in [6.07, 6.45) is 1.97. The zero-order valence-corrected chi connectivity index (χ0v) is 17.8. The van der Waals surface area contributed by atoms with Crippen LogP contribution < -0.4 is 14.4 Å². The fraction of sp³-hybridized carbons (Fsp3) is 0.350. The quantitative estimate of drug-likeness (QED) is 0.705. The molecule has 0 bridgehead atoms. The number of aromatic carboxylic acids is 1. The van der Waals surface area contributed by atoms with Gasteiger partial charge in [0.1, 0.15) is 5.75 Å². The number of methoxy groups -OCH3 is 1. The molecule has 2 aromatic rings. The van der Waals surface area contributed by atoms with Crippen molar-refractivity contribution in [2.75, 3.05) is 29.8 Å². The first-order valence-electron chi connectivity index (χ1n) is 9.20. The van der Waals surface area contributed by atoms with Crippen LogP contribution in [0, 0.1) is 5.92 Å². The zero-order chi connectivity index (χ0) is 21.2. The number of hydrogen-bond acceptors (Lipinski definition) is 5. The van der Waals surface area contributed by atoms with Gasteiger partial charge in [-0.15, -0.1) is 0 Å². The number of piperidine rings is 1. The normalized spacial score (nSPS) is 15.2. The Kier molecular flexibility index (Phi) is 6.24. The van der Waals surface area contributed by atoms with E-state index in [0.717, 1.165) is 25.9 Å². The van der Waals surface area contributed by atoms with Crippen molar-refractivity contribution in [3.63, 3.8) is 0 Å². The fourth-order valence-electron chi connectivity index (χ4n) is 3.29. The van der Waals surface area contributed by atoms with Gasteiger partial charge >= 0.3 is 5.97 Å². The average molecular weight is 439 g/mol. The molecule has 29 heavy (non-hydrogen) atoms. The third-order valence-electron chi connectivity index (χ3n) is 5.05. The Balaban J connectivity index is 1.98. The molecule has 2 N–H and O–H groups in total.